The molecule has 1 fully saturated rings. The topological polar surface area (TPSA) is 67.8 Å². The van der Waals surface area contributed by atoms with E-state index in [1.807, 2.05) is 13.8 Å². The average molecular weight is 259 g/mol. The number of carboxylic acids is 1. The van der Waals surface area contributed by atoms with Crippen molar-refractivity contribution in [2.45, 2.75) is 57.7 Å². The van der Waals surface area contributed by atoms with E-state index >= 15 is 0 Å². The van der Waals surface area contributed by atoms with E-state index in [9.17, 15) is 9.90 Å². The summed E-state index contributed by atoms with van der Waals surface area (Å²) in [4.78, 5) is 11.3. The predicted octanol–water partition coefficient (Wildman–Crippen LogP) is 1.41. The molecule has 1 unspecified atom stereocenters. The van der Waals surface area contributed by atoms with Gasteiger partial charge in [-0.15, -0.1) is 0 Å². The minimum absolute atomic E-state index is 0.162. The van der Waals surface area contributed by atoms with Gasteiger partial charge in [0, 0.05) is 12.6 Å². The monoisotopic (exact) mass is 259 g/mol. The first-order chi connectivity index (χ1) is 8.44. The third-order valence-corrected chi connectivity index (χ3v) is 3.11. The first-order valence-corrected chi connectivity index (χ1v) is 6.64. The number of rotatable bonds is 9. The van der Waals surface area contributed by atoms with Gasteiger partial charge in [0.25, 0.3) is 0 Å². The summed E-state index contributed by atoms with van der Waals surface area (Å²) in [6, 6.07) is 0.162. The summed E-state index contributed by atoms with van der Waals surface area (Å²) in [5.41, 5.74) is -0.840. The maximum Gasteiger partial charge on any atom is 0.323 e. The van der Waals surface area contributed by atoms with Crippen LogP contribution in [0.5, 0.6) is 0 Å². The Hall–Kier alpha value is -0.650. The molecule has 106 valence electrons. The number of hydrogen-bond donors (Lipinski definition) is 2. The van der Waals surface area contributed by atoms with Crippen molar-refractivity contribution in [3.05, 3.63) is 0 Å². The van der Waals surface area contributed by atoms with Crippen molar-refractivity contribution in [2.75, 3.05) is 19.8 Å². The molecule has 18 heavy (non-hydrogen) atoms. The molecule has 1 aliphatic rings. The van der Waals surface area contributed by atoms with Gasteiger partial charge in [-0.2, -0.15) is 0 Å². The zero-order valence-corrected chi connectivity index (χ0v) is 11.6. The summed E-state index contributed by atoms with van der Waals surface area (Å²) in [7, 11) is 0. The zero-order chi connectivity index (χ0) is 13.6. The molecule has 1 heterocycles. The van der Waals surface area contributed by atoms with Crippen LogP contribution in [0.4, 0.5) is 0 Å². The highest BCUT2D eigenvalue weighted by atomic mass is 16.6. The Morgan fingerprint density at radius 1 is 1.50 bits per heavy atom. The molecule has 0 aromatic carbocycles. The van der Waals surface area contributed by atoms with E-state index in [1.54, 1.807) is 6.92 Å². The molecule has 1 atom stereocenters. The van der Waals surface area contributed by atoms with Gasteiger partial charge in [0.15, 0.2) is 0 Å². The van der Waals surface area contributed by atoms with Crippen LogP contribution in [0.1, 0.15) is 40.0 Å². The van der Waals surface area contributed by atoms with Crippen LogP contribution in [0.25, 0.3) is 0 Å². The van der Waals surface area contributed by atoms with E-state index in [-0.39, 0.29) is 12.1 Å². The van der Waals surface area contributed by atoms with Crippen molar-refractivity contribution in [2.24, 2.45) is 0 Å². The van der Waals surface area contributed by atoms with Crippen LogP contribution in [0.3, 0.4) is 0 Å². The largest absolute Gasteiger partial charge is 0.480 e. The maximum absolute atomic E-state index is 11.3. The van der Waals surface area contributed by atoms with Gasteiger partial charge in [-0.3, -0.25) is 10.1 Å². The van der Waals surface area contributed by atoms with E-state index in [0.717, 1.165) is 12.8 Å². The number of carboxylic acid groups (broad SMARTS) is 1. The third-order valence-electron chi connectivity index (χ3n) is 3.11. The standard InChI is InChI=1S/C13H25NO4/c1-10(2)14-13(3,12(15)16)6-4-5-7-18-11-8-17-9-11/h10-11,14H,4-9H2,1-3H3,(H,15,16). The Labute approximate surface area is 109 Å². The van der Waals surface area contributed by atoms with Crippen LogP contribution < -0.4 is 5.32 Å². The lowest BCUT2D eigenvalue weighted by molar-refractivity contribution is -0.145. The van der Waals surface area contributed by atoms with Gasteiger partial charge in [-0.1, -0.05) is 0 Å². The SMILES string of the molecule is CC(C)NC(C)(CCCCOC1COC1)C(=O)O. The second-order valence-electron chi connectivity index (χ2n) is 5.42. The Morgan fingerprint density at radius 2 is 2.17 bits per heavy atom. The van der Waals surface area contributed by atoms with Gasteiger partial charge < -0.3 is 14.6 Å². The molecule has 0 aromatic heterocycles. The van der Waals surface area contributed by atoms with Crippen molar-refractivity contribution < 1.29 is 19.4 Å². The molecular formula is C13H25NO4. The average Bonchev–Trinajstić information content (AvgIpc) is 2.19. The van der Waals surface area contributed by atoms with E-state index in [4.69, 9.17) is 9.47 Å². The first-order valence-electron chi connectivity index (χ1n) is 6.64. The van der Waals surface area contributed by atoms with Crippen molar-refractivity contribution in [3.63, 3.8) is 0 Å². The summed E-state index contributed by atoms with van der Waals surface area (Å²) in [5.74, 6) is -0.787. The van der Waals surface area contributed by atoms with Crippen LogP contribution in [-0.2, 0) is 14.3 Å². The minimum Gasteiger partial charge on any atom is -0.480 e. The van der Waals surface area contributed by atoms with Crippen molar-refractivity contribution in [3.8, 4) is 0 Å². The third kappa shape index (κ3) is 4.92. The minimum atomic E-state index is -0.840. The number of unbranched alkanes of at least 4 members (excludes halogenated alkanes) is 1. The smallest absolute Gasteiger partial charge is 0.323 e. The molecule has 5 nitrogen and oxygen atoms in total. The normalized spacial score (nSPS) is 19.6. The number of aliphatic carboxylic acids is 1. The molecule has 0 bridgehead atoms. The summed E-state index contributed by atoms with van der Waals surface area (Å²) in [6.45, 7) is 7.74. The van der Waals surface area contributed by atoms with Crippen LogP contribution in [-0.4, -0.2) is 48.6 Å². The predicted molar refractivity (Wildman–Crippen MR) is 68.7 cm³/mol. The van der Waals surface area contributed by atoms with Gasteiger partial charge >= 0.3 is 5.97 Å². The Morgan fingerprint density at radius 3 is 2.61 bits per heavy atom. The molecule has 0 aromatic rings. The molecule has 1 rings (SSSR count). The van der Waals surface area contributed by atoms with Crippen molar-refractivity contribution >= 4 is 5.97 Å². The van der Waals surface area contributed by atoms with Gasteiger partial charge in [0.1, 0.15) is 11.6 Å². The fourth-order valence-electron chi connectivity index (χ4n) is 2.02. The van der Waals surface area contributed by atoms with E-state index in [0.29, 0.717) is 26.2 Å². The van der Waals surface area contributed by atoms with Crippen LogP contribution in [0, 0.1) is 0 Å². The van der Waals surface area contributed by atoms with Gasteiger partial charge in [0.2, 0.25) is 0 Å². The lowest BCUT2D eigenvalue weighted by atomic mass is 9.94. The number of nitrogens with one attached hydrogen (secondary N) is 1. The molecule has 1 aliphatic heterocycles. The molecule has 0 amide bonds. The summed E-state index contributed by atoms with van der Waals surface area (Å²) >= 11 is 0. The number of carbonyl (C=O) groups is 1. The molecule has 0 radical (unpaired) electrons. The van der Waals surface area contributed by atoms with Crippen molar-refractivity contribution in [1.82, 2.24) is 5.32 Å². The van der Waals surface area contributed by atoms with Gasteiger partial charge in [0.05, 0.1) is 13.2 Å². The number of ether oxygens (including phenoxy) is 2. The fourth-order valence-corrected chi connectivity index (χ4v) is 2.02. The Bertz CT molecular complexity index is 266. The van der Waals surface area contributed by atoms with Crippen LogP contribution in [0.15, 0.2) is 0 Å². The van der Waals surface area contributed by atoms with Crippen molar-refractivity contribution in [1.29, 1.82) is 0 Å². The highest BCUT2D eigenvalue weighted by molar-refractivity contribution is 5.78. The maximum atomic E-state index is 11.3. The summed E-state index contributed by atoms with van der Waals surface area (Å²) in [5, 5.41) is 12.4. The zero-order valence-electron chi connectivity index (χ0n) is 11.6. The fraction of sp³-hybridized carbons (Fsp3) is 0.923. The highest BCUT2D eigenvalue weighted by Crippen LogP contribution is 2.16. The lowest BCUT2D eigenvalue weighted by Crippen LogP contribution is -2.52. The summed E-state index contributed by atoms with van der Waals surface area (Å²) < 4.78 is 10.6. The van der Waals surface area contributed by atoms with E-state index in [1.165, 1.54) is 0 Å². The Kier molecular flexibility index (Phi) is 6.05. The summed E-state index contributed by atoms with van der Waals surface area (Å²) in [6.07, 6.45) is 2.60. The first kappa shape index (κ1) is 15.4. The molecule has 5 heteroatoms. The Balaban J connectivity index is 2.18. The molecule has 0 spiro atoms. The quantitative estimate of drug-likeness (QED) is 0.613. The number of hydrogen-bond acceptors (Lipinski definition) is 4. The highest BCUT2D eigenvalue weighted by Gasteiger charge is 2.32. The second-order valence-corrected chi connectivity index (χ2v) is 5.42. The molecule has 2 N–H and O–H groups in total. The van der Waals surface area contributed by atoms with Gasteiger partial charge in [-0.05, 0) is 40.0 Å². The van der Waals surface area contributed by atoms with E-state index in [2.05, 4.69) is 5.32 Å². The van der Waals surface area contributed by atoms with Crippen LogP contribution in [0.2, 0.25) is 0 Å². The molecule has 0 aliphatic carbocycles. The lowest BCUT2D eigenvalue weighted by Gasteiger charge is -2.29. The van der Waals surface area contributed by atoms with Gasteiger partial charge in [-0.25, -0.2) is 0 Å². The molecule has 0 saturated carbocycles. The van der Waals surface area contributed by atoms with Crippen LogP contribution >= 0.6 is 0 Å². The van der Waals surface area contributed by atoms with E-state index < -0.39 is 11.5 Å². The molecule has 1 saturated heterocycles. The molecular weight excluding hydrogens is 234 g/mol. The second kappa shape index (κ2) is 7.07.